The molecule has 0 aliphatic heterocycles. The van der Waals surface area contributed by atoms with Crippen molar-refractivity contribution in [1.29, 1.82) is 0 Å². The van der Waals surface area contributed by atoms with Crippen molar-refractivity contribution in [2.75, 3.05) is 19.3 Å². The Morgan fingerprint density at radius 2 is 1.95 bits per heavy atom. The van der Waals surface area contributed by atoms with Gasteiger partial charge in [-0.3, -0.25) is 4.79 Å². The zero-order valence-corrected chi connectivity index (χ0v) is 11.8. The van der Waals surface area contributed by atoms with Gasteiger partial charge in [0.1, 0.15) is 0 Å². The summed E-state index contributed by atoms with van der Waals surface area (Å²) in [5, 5.41) is 0. The molecule has 3 nitrogen and oxygen atoms in total. The average Bonchev–Trinajstić information content (AvgIpc) is 2.45. The molecular formula is C16H24N2O. The van der Waals surface area contributed by atoms with E-state index in [1.807, 2.05) is 19.2 Å². The van der Waals surface area contributed by atoms with Gasteiger partial charge in [0, 0.05) is 19.3 Å². The van der Waals surface area contributed by atoms with Crippen LogP contribution < -0.4 is 5.73 Å². The molecule has 0 radical (unpaired) electrons. The van der Waals surface area contributed by atoms with Crippen LogP contribution in [0.5, 0.6) is 0 Å². The van der Waals surface area contributed by atoms with Crippen LogP contribution in [-0.4, -0.2) is 24.4 Å². The number of benzene rings is 1. The van der Waals surface area contributed by atoms with Crippen molar-refractivity contribution in [2.45, 2.75) is 38.5 Å². The molecule has 2 N–H and O–H groups in total. The van der Waals surface area contributed by atoms with Crippen molar-refractivity contribution in [3.63, 3.8) is 0 Å². The molecule has 1 saturated carbocycles. The molecule has 0 saturated heterocycles. The Morgan fingerprint density at radius 3 is 2.63 bits per heavy atom. The summed E-state index contributed by atoms with van der Waals surface area (Å²) in [5.74, 6) is 0.839. The van der Waals surface area contributed by atoms with Crippen LogP contribution in [0.3, 0.4) is 0 Å². The van der Waals surface area contributed by atoms with Gasteiger partial charge in [-0.1, -0.05) is 44.2 Å². The number of amides is 1. The van der Waals surface area contributed by atoms with E-state index in [0.29, 0.717) is 11.3 Å². The summed E-state index contributed by atoms with van der Waals surface area (Å²) in [6.45, 7) is 0.831. The normalized spacial score (nSPS) is 16.3. The first kappa shape index (κ1) is 13.9. The maximum absolute atomic E-state index is 12.3. The Balaban J connectivity index is 1.87. The fourth-order valence-corrected chi connectivity index (χ4v) is 2.85. The zero-order valence-electron chi connectivity index (χ0n) is 11.8. The minimum Gasteiger partial charge on any atom is -0.398 e. The summed E-state index contributed by atoms with van der Waals surface area (Å²) >= 11 is 0. The first-order valence-corrected chi connectivity index (χ1v) is 7.28. The number of nitrogen functional groups attached to an aromatic ring is 1. The van der Waals surface area contributed by atoms with Gasteiger partial charge in [0.05, 0.1) is 5.56 Å². The lowest BCUT2D eigenvalue weighted by molar-refractivity contribution is 0.0785. The van der Waals surface area contributed by atoms with Crippen LogP contribution in [0.2, 0.25) is 0 Å². The molecule has 0 heterocycles. The average molecular weight is 260 g/mol. The monoisotopic (exact) mass is 260 g/mol. The first-order chi connectivity index (χ1) is 9.18. The summed E-state index contributed by atoms with van der Waals surface area (Å²) < 4.78 is 0. The molecule has 1 fully saturated rings. The number of nitrogens with zero attached hydrogens (tertiary/aromatic N) is 1. The van der Waals surface area contributed by atoms with Crippen molar-refractivity contribution < 1.29 is 4.79 Å². The standard InChI is InChI=1S/C16H24N2O/c1-18(12-11-13-7-3-2-4-8-13)16(19)14-9-5-6-10-15(14)17/h5-6,9-10,13H,2-4,7-8,11-12,17H2,1H3. The quantitative estimate of drug-likeness (QED) is 0.844. The van der Waals surface area contributed by atoms with Crippen LogP contribution >= 0.6 is 0 Å². The van der Waals surface area contributed by atoms with Gasteiger partial charge in [0.25, 0.3) is 5.91 Å². The lowest BCUT2D eigenvalue weighted by Gasteiger charge is -2.25. The minimum atomic E-state index is 0.0360. The molecule has 0 spiro atoms. The Morgan fingerprint density at radius 1 is 1.26 bits per heavy atom. The lowest BCUT2D eigenvalue weighted by Crippen LogP contribution is -2.29. The number of hydrogen-bond donors (Lipinski definition) is 1. The van der Waals surface area contributed by atoms with Gasteiger partial charge in [-0.25, -0.2) is 0 Å². The van der Waals surface area contributed by atoms with Crippen LogP contribution in [0.1, 0.15) is 48.9 Å². The largest absolute Gasteiger partial charge is 0.398 e. The first-order valence-electron chi connectivity index (χ1n) is 7.28. The summed E-state index contributed by atoms with van der Waals surface area (Å²) in [5.41, 5.74) is 7.04. The Hall–Kier alpha value is -1.51. The number of rotatable bonds is 4. The molecule has 3 heteroatoms. The second-order valence-electron chi connectivity index (χ2n) is 5.61. The third-order valence-corrected chi connectivity index (χ3v) is 4.14. The molecule has 1 aliphatic rings. The van der Waals surface area contributed by atoms with Crippen LogP contribution in [0.25, 0.3) is 0 Å². The maximum atomic E-state index is 12.3. The lowest BCUT2D eigenvalue weighted by atomic mass is 9.87. The molecule has 0 bridgehead atoms. The summed E-state index contributed by atoms with van der Waals surface area (Å²) in [4.78, 5) is 14.1. The SMILES string of the molecule is CN(CCC1CCCCC1)C(=O)c1ccccc1N. The molecular weight excluding hydrogens is 236 g/mol. The van der Waals surface area contributed by atoms with E-state index < -0.39 is 0 Å². The molecule has 1 aromatic rings. The second-order valence-corrected chi connectivity index (χ2v) is 5.61. The summed E-state index contributed by atoms with van der Waals surface area (Å²) in [6, 6.07) is 7.30. The van der Waals surface area contributed by atoms with Crippen LogP contribution in [0, 0.1) is 5.92 Å². The summed E-state index contributed by atoms with van der Waals surface area (Å²) in [6.07, 6.45) is 7.87. The number of anilines is 1. The highest BCUT2D eigenvalue weighted by atomic mass is 16.2. The molecule has 0 unspecified atom stereocenters. The predicted molar refractivity (Wildman–Crippen MR) is 79.0 cm³/mol. The Bertz CT molecular complexity index is 425. The fourth-order valence-electron chi connectivity index (χ4n) is 2.85. The van der Waals surface area contributed by atoms with E-state index >= 15 is 0 Å². The number of carbonyl (C=O) groups is 1. The van der Waals surface area contributed by atoms with Crippen molar-refractivity contribution in [2.24, 2.45) is 5.92 Å². The van der Waals surface area contributed by atoms with Crippen molar-refractivity contribution in [3.05, 3.63) is 29.8 Å². The second kappa shape index (κ2) is 6.60. The van der Waals surface area contributed by atoms with E-state index in [1.54, 1.807) is 17.0 Å². The molecule has 19 heavy (non-hydrogen) atoms. The van der Waals surface area contributed by atoms with Crippen LogP contribution in [0.4, 0.5) is 5.69 Å². The number of para-hydroxylation sites is 1. The minimum absolute atomic E-state index is 0.0360. The topological polar surface area (TPSA) is 46.3 Å². The van der Waals surface area contributed by atoms with Crippen LogP contribution in [-0.2, 0) is 0 Å². The molecule has 0 atom stereocenters. The van der Waals surface area contributed by atoms with Crippen molar-refractivity contribution >= 4 is 11.6 Å². The highest BCUT2D eigenvalue weighted by Gasteiger charge is 2.17. The van der Waals surface area contributed by atoms with Gasteiger partial charge < -0.3 is 10.6 Å². The van der Waals surface area contributed by atoms with E-state index in [1.165, 1.54) is 32.1 Å². The van der Waals surface area contributed by atoms with Crippen molar-refractivity contribution in [3.8, 4) is 0 Å². The van der Waals surface area contributed by atoms with E-state index in [-0.39, 0.29) is 5.91 Å². The highest BCUT2D eigenvalue weighted by Crippen LogP contribution is 2.26. The smallest absolute Gasteiger partial charge is 0.255 e. The van der Waals surface area contributed by atoms with Crippen molar-refractivity contribution in [1.82, 2.24) is 4.90 Å². The van der Waals surface area contributed by atoms with E-state index in [0.717, 1.165) is 18.9 Å². The van der Waals surface area contributed by atoms with Gasteiger partial charge in [-0.05, 0) is 24.5 Å². The van der Waals surface area contributed by atoms with E-state index in [2.05, 4.69) is 0 Å². The third kappa shape index (κ3) is 3.72. The summed E-state index contributed by atoms with van der Waals surface area (Å²) in [7, 11) is 1.87. The van der Waals surface area contributed by atoms with Gasteiger partial charge in [0.15, 0.2) is 0 Å². The third-order valence-electron chi connectivity index (χ3n) is 4.14. The van der Waals surface area contributed by atoms with E-state index in [9.17, 15) is 4.79 Å². The number of carbonyl (C=O) groups excluding carboxylic acids is 1. The highest BCUT2D eigenvalue weighted by molar-refractivity contribution is 5.98. The molecule has 0 aromatic heterocycles. The Kier molecular flexibility index (Phi) is 4.83. The van der Waals surface area contributed by atoms with Gasteiger partial charge in [-0.2, -0.15) is 0 Å². The molecule has 104 valence electrons. The molecule has 2 rings (SSSR count). The fraction of sp³-hybridized carbons (Fsp3) is 0.562. The molecule has 1 amide bonds. The van der Waals surface area contributed by atoms with Gasteiger partial charge in [-0.15, -0.1) is 0 Å². The zero-order chi connectivity index (χ0) is 13.7. The van der Waals surface area contributed by atoms with Gasteiger partial charge >= 0.3 is 0 Å². The van der Waals surface area contributed by atoms with E-state index in [4.69, 9.17) is 5.73 Å². The number of hydrogen-bond acceptors (Lipinski definition) is 2. The van der Waals surface area contributed by atoms with Gasteiger partial charge in [0.2, 0.25) is 0 Å². The molecule has 1 aliphatic carbocycles. The Labute approximate surface area is 115 Å². The molecule has 1 aromatic carbocycles. The number of nitrogens with two attached hydrogens (primary N) is 1. The van der Waals surface area contributed by atoms with Crippen LogP contribution in [0.15, 0.2) is 24.3 Å². The predicted octanol–water partition coefficient (Wildman–Crippen LogP) is 3.31. The maximum Gasteiger partial charge on any atom is 0.255 e.